The Hall–Kier alpha value is -0.160. The monoisotopic (exact) mass is 261 g/mol. The Morgan fingerprint density at radius 3 is 1.78 bits per heavy atom. The summed E-state index contributed by atoms with van der Waals surface area (Å²) in [5.41, 5.74) is 5.81. The Balaban J connectivity index is 2.94. The lowest BCUT2D eigenvalue weighted by Gasteiger charge is -2.09. The normalized spacial score (nSPS) is 12.8. The van der Waals surface area contributed by atoms with E-state index < -0.39 is 0 Å². The molecule has 2 N–H and O–H groups in total. The van der Waals surface area contributed by atoms with Gasteiger partial charge in [0.1, 0.15) is 0 Å². The van der Waals surface area contributed by atoms with Crippen LogP contribution in [0.5, 0.6) is 0 Å². The van der Waals surface area contributed by atoms with Crippen LogP contribution in [0.1, 0.15) is 46.0 Å². The SMILES string of the molecule is CCCCOCCOCCOCCCC(N)CC. The third-order valence-electron chi connectivity index (χ3n) is 2.77. The molecule has 0 bridgehead atoms. The zero-order valence-electron chi connectivity index (χ0n) is 12.2. The van der Waals surface area contributed by atoms with Gasteiger partial charge in [-0.25, -0.2) is 0 Å². The van der Waals surface area contributed by atoms with Crippen LogP contribution in [0.2, 0.25) is 0 Å². The largest absolute Gasteiger partial charge is 0.379 e. The molecule has 1 unspecified atom stereocenters. The first-order chi connectivity index (χ1) is 8.81. The van der Waals surface area contributed by atoms with Crippen LogP contribution >= 0.6 is 0 Å². The zero-order valence-corrected chi connectivity index (χ0v) is 12.2. The van der Waals surface area contributed by atoms with Crippen molar-refractivity contribution in [1.82, 2.24) is 0 Å². The van der Waals surface area contributed by atoms with Crippen LogP contribution in [0.4, 0.5) is 0 Å². The summed E-state index contributed by atoms with van der Waals surface area (Å²) < 4.78 is 16.2. The summed E-state index contributed by atoms with van der Waals surface area (Å²) in [4.78, 5) is 0. The van der Waals surface area contributed by atoms with Gasteiger partial charge >= 0.3 is 0 Å². The van der Waals surface area contributed by atoms with Crippen LogP contribution in [0.15, 0.2) is 0 Å². The molecule has 110 valence electrons. The summed E-state index contributed by atoms with van der Waals surface area (Å²) in [5.74, 6) is 0. The van der Waals surface area contributed by atoms with E-state index in [0.29, 0.717) is 32.5 Å². The van der Waals surface area contributed by atoms with Crippen LogP contribution in [-0.2, 0) is 14.2 Å². The lowest BCUT2D eigenvalue weighted by Crippen LogP contribution is -2.19. The predicted octanol–water partition coefficient (Wildman–Crippen LogP) is 2.35. The van der Waals surface area contributed by atoms with Crippen molar-refractivity contribution in [2.24, 2.45) is 5.73 Å². The van der Waals surface area contributed by atoms with E-state index in [0.717, 1.165) is 38.9 Å². The molecule has 0 amide bonds. The number of nitrogens with two attached hydrogens (primary N) is 1. The maximum absolute atomic E-state index is 5.81. The molecule has 0 aliphatic rings. The molecule has 0 aromatic rings. The Bertz CT molecular complexity index is 156. The van der Waals surface area contributed by atoms with E-state index in [-0.39, 0.29) is 0 Å². The van der Waals surface area contributed by atoms with Crippen molar-refractivity contribution >= 4 is 0 Å². The van der Waals surface area contributed by atoms with Crippen LogP contribution in [-0.4, -0.2) is 45.7 Å². The molecular weight excluding hydrogens is 230 g/mol. The Morgan fingerprint density at radius 1 is 0.778 bits per heavy atom. The summed E-state index contributed by atoms with van der Waals surface area (Å²) in [7, 11) is 0. The second kappa shape index (κ2) is 14.9. The third-order valence-corrected chi connectivity index (χ3v) is 2.77. The van der Waals surface area contributed by atoms with Gasteiger partial charge in [0.15, 0.2) is 0 Å². The average molecular weight is 261 g/mol. The van der Waals surface area contributed by atoms with Crippen molar-refractivity contribution in [3.8, 4) is 0 Å². The first-order valence-electron chi connectivity index (χ1n) is 7.30. The molecule has 0 aromatic heterocycles. The summed E-state index contributed by atoms with van der Waals surface area (Å²) in [6.45, 7) is 8.55. The molecule has 4 heteroatoms. The van der Waals surface area contributed by atoms with Gasteiger partial charge in [-0.15, -0.1) is 0 Å². The average Bonchev–Trinajstić information content (AvgIpc) is 2.39. The zero-order chi connectivity index (χ0) is 13.5. The minimum atomic E-state index is 0.324. The van der Waals surface area contributed by atoms with Crippen LogP contribution < -0.4 is 5.73 Å². The van der Waals surface area contributed by atoms with Crippen molar-refractivity contribution in [3.63, 3.8) is 0 Å². The third kappa shape index (κ3) is 13.9. The van der Waals surface area contributed by atoms with E-state index in [4.69, 9.17) is 19.9 Å². The Kier molecular flexibility index (Phi) is 14.8. The molecule has 0 spiro atoms. The van der Waals surface area contributed by atoms with E-state index in [1.165, 1.54) is 6.42 Å². The van der Waals surface area contributed by atoms with Crippen molar-refractivity contribution < 1.29 is 14.2 Å². The molecule has 0 radical (unpaired) electrons. The summed E-state index contributed by atoms with van der Waals surface area (Å²) in [6.07, 6.45) is 5.43. The van der Waals surface area contributed by atoms with Crippen molar-refractivity contribution in [1.29, 1.82) is 0 Å². The maximum atomic E-state index is 5.81. The summed E-state index contributed by atoms with van der Waals surface area (Å²) in [6, 6.07) is 0.324. The second-order valence-corrected chi connectivity index (χ2v) is 4.50. The molecule has 0 aliphatic heterocycles. The van der Waals surface area contributed by atoms with Gasteiger partial charge in [-0.3, -0.25) is 0 Å². The highest BCUT2D eigenvalue weighted by Crippen LogP contribution is 1.98. The minimum Gasteiger partial charge on any atom is -0.379 e. The molecule has 0 heterocycles. The van der Waals surface area contributed by atoms with Crippen LogP contribution in [0.25, 0.3) is 0 Å². The molecule has 0 rings (SSSR count). The van der Waals surface area contributed by atoms with E-state index in [1.54, 1.807) is 0 Å². The number of rotatable bonds is 14. The van der Waals surface area contributed by atoms with Gasteiger partial charge in [0.05, 0.1) is 26.4 Å². The van der Waals surface area contributed by atoms with E-state index in [2.05, 4.69) is 13.8 Å². The fourth-order valence-electron chi connectivity index (χ4n) is 1.44. The van der Waals surface area contributed by atoms with Crippen LogP contribution in [0.3, 0.4) is 0 Å². The van der Waals surface area contributed by atoms with Gasteiger partial charge in [-0.05, 0) is 25.7 Å². The molecule has 18 heavy (non-hydrogen) atoms. The molecular formula is C14H31NO3. The van der Waals surface area contributed by atoms with Gasteiger partial charge in [0.2, 0.25) is 0 Å². The van der Waals surface area contributed by atoms with Gasteiger partial charge in [0.25, 0.3) is 0 Å². The number of hydrogen-bond donors (Lipinski definition) is 1. The number of unbranched alkanes of at least 4 members (excludes halogenated alkanes) is 1. The highest BCUT2D eigenvalue weighted by molar-refractivity contribution is 4.57. The molecule has 0 aliphatic carbocycles. The standard InChI is InChI=1S/C14H31NO3/c1-3-5-8-16-10-12-18-13-11-17-9-6-7-14(15)4-2/h14H,3-13,15H2,1-2H3. The van der Waals surface area contributed by atoms with E-state index in [1.807, 2.05) is 0 Å². The number of ether oxygens (including phenoxy) is 3. The van der Waals surface area contributed by atoms with Gasteiger partial charge in [-0.2, -0.15) is 0 Å². The lowest BCUT2D eigenvalue weighted by molar-refractivity contribution is 0.0133. The van der Waals surface area contributed by atoms with E-state index in [9.17, 15) is 0 Å². The first-order valence-corrected chi connectivity index (χ1v) is 7.30. The first kappa shape index (κ1) is 17.8. The minimum absolute atomic E-state index is 0.324. The van der Waals surface area contributed by atoms with Gasteiger partial charge < -0.3 is 19.9 Å². The summed E-state index contributed by atoms with van der Waals surface area (Å²) in [5, 5.41) is 0. The fourth-order valence-corrected chi connectivity index (χ4v) is 1.44. The van der Waals surface area contributed by atoms with E-state index >= 15 is 0 Å². The van der Waals surface area contributed by atoms with Gasteiger partial charge in [-0.1, -0.05) is 20.3 Å². The highest BCUT2D eigenvalue weighted by Gasteiger charge is 1.98. The predicted molar refractivity (Wildman–Crippen MR) is 74.9 cm³/mol. The molecule has 4 nitrogen and oxygen atoms in total. The highest BCUT2D eigenvalue weighted by atomic mass is 16.5. The fraction of sp³-hybridized carbons (Fsp3) is 1.00. The van der Waals surface area contributed by atoms with Gasteiger partial charge in [0, 0.05) is 19.3 Å². The Labute approximate surface area is 112 Å². The molecule has 0 aromatic carbocycles. The second-order valence-electron chi connectivity index (χ2n) is 4.50. The summed E-state index contributed by atoms with van der Waals surface area (Å²) >= 11 is 0. The molecule has 0 fully saturated rings. The van der Waals surface area contributed by atoms with Crippen molar-refractivity contribution in [2.45, 2.75) is 52.0 Å². The number of hydrogen-bond acceptors (Lipinski definition) is 4. The topological polar surface area (TPSA) is 53.7 Å². The Morgan fingerprint density at radius 2 is 1.28 bits per heavy atom. The lowest BCUT2D eigenvalue weighted by atomic mass is 10.1. The maximum Gasteiger partial charge on any atom is 0.0701 e. The van der Waals surface area contributed by atoms with Crippen molar-refractivity contribution in [2.75, 3.05) is 39.6 Å². The molecule has 1 atom stereocenters. The quantitative estimate of drug-likeness (QED) is 0.488. The smallest absolute Gasteiger partial charge is 0.0701 e. The van der Waals surface area contributed by atoms with Crippen molar-refractivity contribution in [3.05, 3.63) is 0 Å². The molecule has 0 saturated heterocycles. The molecule has 0 saturated carbocycles. The van der Waals surface area contributed by atoms with Crippen LogP contribution in [0, 0.1) is 0 Å².